The lowest BCUT2D eigenvalue weighted by atomic mass is 10.1. The van der Waals surface area contributed by atoms with E-state index in [0.29, 0.717) is 23.7 Å². The molecule has 0 fully saturated rings. The van der Waals surface area contributed by atoms with Gasteiger partial charge in [0.25, 0.3) is 0 Å². The highest BCUT2D eigenvalue weighted by molar-refractivity contribution is 6.31. The molecule has 0 aliphatic heterocycles. The topological polar surface area (TPSA) is 53.1 Å². The Labute approximate surface area is 106 Å². The molecule has 17 heavy (non-hydrogen) atoms. The Morgan fingerprint density at radius 3 is 2.76 bits per heavy atom. The molecule has 0 aliphatic carbocycles. The zero-order chi connectivity index (χ0) is 13.0. The van der Waals surface area contributed by atoms with Gasteiger partial charge in [0.2, 0.25) is 0 Å². The molecule has 0 bridgehead atoms. The van der Waals surface area contributed by atoms with Crippen LogP contribution in [0.5, 0.6) is 0 Å². The van der Waals surface area contributed by atoms with Crippen molar-refractivity contribution in [2.24, 2.45) is 11.7 Å². The van der Waals surface area contributed by atoms with Crippen molar-refractivity contribution in [2.45, 2.75) is 13.5 Å². The smallest absolute Gasteiger partial charge is 0.129 e. The van der Waals surface area contributed by atoms with Crippen LogP contribution in [0.3, 0.4) is 0 Å². The number of nitrogens with one attached hydrogen (secondary N) is 1. The largest absolute Gasteiger partial charge is 0.387 e. The van der Waals surface area contributed by atoms with Crippen LogP contribution in [0, 0.1) is 17.1 Å². The lowest BCUT2D eigenvalue weighted by molar-refractivity contribution is 0.302. The van der Waals surface area contributed by atoms with Crippen molar-refractivity contribution in [3.05, 3.63) is 34.6 Å². The number of amidine groups is 1. The molecule has 0 radical (unpaired) electrons. The fourth-order valence-corrected chi connectivity index (χ4v) is 1.81. The monoisotopic (exact) mass is 257 g/mol. The summed E-state index contributed by atoms with van der Waals surface area (Å²) in [5.41, 5.74) is 5.87. The molecule has 5 heteroatoms. The molecule has 1 aromatic rings. The molecule has 0 saturated carbocycles. The SMILES string of the molecule is CC(CN(C)Cc1c(F)cccc1Cl)C(=N)N. The average Bonchev–Trinajstić information content (AvgIpc) is 2.23. The molecule has 0 amide bonds. The predicted octanol–water partition coefficient (Wildman–Crippen LogP) is 2.48. The molecule has 0 heterocycles. The minimum Gasteiger partial charge on any atom is -0.387 e. The van der Waals surface area contributed by atoms with Gasteiger partial charge in [-0.25, -0.2) is 4.39 Å². The summed E-state index contributed by atoms with van der Waals surface area (Å²) in [4.78, 5) is 1.90. The van der Waals surface area contributed by atoms with E-state index in [1.54, 1.807) is 12.1 Å². The molecule has 3 nitrogen and oxygen atoms in total. The minimum atomic E-state index is -0.306. The van der Waals surface area contributed by atoms with Crippen LogP contribution in [-0.4, -0.2) is 24.3 Å². The molecule has 0 aliphatic rings. The van der Waals surface area contributed by atoms with E-state index in [9.17, 15) is 4.39 Å². The standard InChI is InChI=1S/C12H17ClFN3/c1-8(12(15)16)6-17(2)7-9-10(13)4-3-5-11(9)14/h3-5,8H,6-7H2,1-2H3,(H3,15,16). The summed E-state index contributed by atoms with van der Waals surface area (Å²) in [5, 5.41) is 7.73. The summed E-state index contributed by atoms with van der Waals surface area (Å²) in [6.45, 7) is 2.87. The number of hydrogen-bond donors (Lipinski definition) is 2. The number of benzene rings is 1. The molecular weight excluding hydrogens is 241 g/mol. The van der Waals surface area contributed by atoms with Gasteiger partial charge in [-0.2, -0.15) is 0 Å². The van der Waals surface area contributed by atoms with Gasteiger partial charge >= 0.3 is 0 Å². The summed E-state index contributed by atoms with van der Waals surface area (Å²) in [7, 11) is 1.85. The maximum atomic E-state index is 13.5. The van der Waals surface area contributed by atoms with Crippen molar-refractivity contribution in [1.82, 2.24) is 4.90 Å². The van der Waals surface area contributed by atoms with Crippen molar-refractivity contribution >= 4 is 17.4 Å². The van der Waals surface area contributed by atoms with Crippen LogP contribution in [0.15, 0.2) is 18.2 Å². The summed E-state index contributed by atoms with van der Waals surface area (Å²) in [6.07, 6.45) is 0. The van der Waals surface area contributed by atoms with Gasteiger partial charge in [0.05, 0.1) is 5.84 Å². The van der Waals surface area contributed by atoms with Gasteiger partial charge in [-0.1, -0.05) is 24.6 Å². The van der Waals surface area contributed by atoms with Crippen LogP contribution in [0.4, 0.5) is 4.39 Å². The number of rotatable bonds is 5. The summed E-state index contributed by atoms with van der Waals surface area (Å²) in [5.74, 6) is -0.221. The first kappa shape index (κ1) is 13.9. The number of nitrogens with zero attached hydrogens (tertiary/aromatic N) is 1. The van der Waals surface area contributed by atoms with Gasteiger partial charge in [0.15, 0.2) is 0 Å². The highest BCUT2D eigenvalue weighted by atomic mass is 35.5. The Hall–Kier alpha value is -1.13. The lowest BCUT2D eigenvalue weighted by Gasteiger charge is -2.21. The molecule has 0 spiro atoms. The molecule has 0 aromatic heterocycles. The molecular formula is C12H17ClFN3. The van der Waals surface area contributed by atoms with Crippen molar-refractivity contribution in [1.29, 1.82) is 5.41 Å². The molecule has 94 valence electrons. The molecule has 1 unspecified atom stereocenters. The third kappa shape index (κ3) is 3.98. The van der Waals surface area contributed by atoms with E-state index in [1.165, 1.54) is 6.07 Å². The quantitative estimate of drug-likeness (QED) is 0.629. The van der Waals surface area contributed by atoms with Gasteiger partial charge in [-0.15, -0.1) is 0 Å². The van der Waals surface area contributed by atoms with Gasteiger partial charge < -0.3 is 10.6 Å². The Kier molecular flexibility index (Phi) is 4.90. The van der Waals surface area contributed by atoms with Crippen LogP contribution in [0.25, 0.3) is 0 Å². The summed E-state index contributed by atoms with van der Waals surface area (Å²) in [6, 6.07) is 4.64. The average molecular weight is 258 g/mol. The summed E-state index contributed by atoms with van der Waals surface area (Å²) < 4.78 is 13.5. The first-order valence-corrected chi connectivity index (χ1v) is 5.75. The highest BCUT2D eigenvalue weighted by Crippen LogP contribution is 2.20. The third-order valence-corrected chi connectivity index (χ3v) is 2.96. The van der Waals surface area contributed by atoms with Crippen molar-refractivity contribution in [3.8, 4) is 0 Å². The van der Waals surface area contributed by atoms with Crippen LogP contribution < -0.4 is 5.73 Å². The van der Waals surface area contributed by atoms with E-state index in [1.807, 2.05) is 18.9 Å². The van der Waals surface area contributed by atoms with Crippen LogP contribution >= 0.6 is 11.6 Å². The molecule has 3 N–H and O–H groups in total. The van der Waals surface area contributed by atoms with E-state index >= 15 is 0 Å². The fraction of sp³-hybridized carbons (Fsp3) is 0.417. The Morgan fingerprint density at radius 1 is 1.59 bits per heavy atom. The van der Waals surface area contributed by atoms with Crippen molar-refractivity contribution in [2.75, 3.05) is 13.6 Å². The molecule has 1 rings (SSSR count). The second-order valence-electron chi connectivity index (χ2n) is 4.25. The second-order valence-corrected chi connectivity index (χ2v) is 4.66. The van der Waals surface area contributed by atoms with E-state index in [0.717, 1.165) is 0 Å². The van der Waals surface area contributed by atoms with E-state index in [4.69, 9.17) is 22.7 Å². The molecule has 0 saturated heterocycles. The Balaban J connectivity index is 2.68. The first-order chi connectivity index (χ1) is 7.91. The van der Waals surface area contributed by atoms with Crippen molar-refractivity contribution < 1.29 is 4.39 Å². The van der Waals surface area contributed by atoms with E-state index in [-0.39, 0.29) is 17.6 Å². The maximum absolute atomic E-state index is 13.5. The van der Waals surface area contributed by atoms with Gasteiger partial charge in [-0.3, -0.25) is 5.41 Å². The number of halogens is 2. The lowest BCUT2D eigenvalue weighted by Crippen LogP contribution is -2.32. The zero-order valence-corrected chi connectivity index (χ0v) is 10.8. The summed E-state index contributed by atoms with van der Waals surface area (Å²) >= 11 is 5.94. The second kappa shape index (κ2) is 5.98. The number of hydrogen-bond acceptors (Lipinski definition) is 2. The van der Waals surface area contributed by atoms with Crippen LogP contribution in [0.1, 0.15) is 12.5 Å². The fourth-order valence-electron chi connectivity index (χ4n) is 1.58. The third-order valence-electron chi connectivity index (χ3n) is 2.61. The van der Waals surface area contributed by atoms with Gasteiger partial charge in [-0.05, 0) is 19.2 Å². The van der Waals surface area contributed by atoms with Gasteiger partial charge in [0, 0.05) is 29.6 Å². The minimum absolute atomic E-state index is 0.0504. The van der Waals surface area contributed by atoms with Crippen LogP contribution in [0.2, 0.25) is 5.02 Å². The maximum Gasteiger partial charge on any atom is 0.129 e. The Morgan fingerprint density at radius 2 is 2.24 bits per heavy atom. The molecule has 1 aromatic carbocycles. The predicted molar refractivity (Wildman–Crippen MR) is 68.8 cm³/mol. The normalized spacial score (nSPS) is 12.8. The van der Waals surface area contributed by atoms with E-state index in [2.05, 4.69) is 0 Å². The van der Waals surface area contributed by atoms with Gasteiger partial charge in [0.1, 0.15) is 5.82 Å². The Bertz CT molecular complexity index is 388. The number of nitrogens with two attached hydrogens (primary N) is 1. The molecule has 1 atom stereocenters. The van der Waals surface area contributed by atoms with Crippen LogP contribution in [-0.2, 0) is 6.54 Å². The van der Waals surface area contributed by atoms with E-state index < -0.39 is 0 Å². The zero-order valence-electron chi connectivity index (χ0n) is 10.0. The first-order valence-electron chi connectivity index (χ1n) is 5.37. The highest BCUT2D eigenvalue weighted by Gasteiger charge is 2.13. The van der Waals surface area contributed by atoms with Crippen molar-refractivity contribution in [3.63, 3.8) is 0 Å².